The van der Waals surface area contributed by atoms with Gasteiger partial charge in [-0.25, -0.2) is 0 Å². The molecule has 3 atom stereocenters. The standard InChI is InChI=1S/C13H27NO/c1-4-8-15-9-7-14-13-6-5-11(2)12(3)10-13/h11-14H,4-10H2,1-3H3. The van der Waals surface area contributed by atoms with E-state index in [2.05, 4.69) is 26.1 Å². The number of hydrogen-bond acceptors (Lipinski definition) is 2. The number of hydrogen-bond donors (Lipinski definition) is 1. The normalized spacial score (nSPS) is 31.8. The monoisotopic (exact) mass is 213 g/mol. The van der Waals surface area contributed by atoms with Crippen LogP contribution in [-0.2, 0) is 4.74 Å². The van der Waals surface area contributed by atoms with Crippen LogP contribution in [0.15, 0.2) is 0 Å². The fourth-order valence-electron chi connectivity index (χ4n) is 2.31. The molecule has 0 heterocycles. The molecule has 2 heteroatoms. The molecule has 0 saturated heterocycles. The van der Waals surface area contributed by atoms with Crippen LogP contribution in [0, 0.1) is 11.8 Å². The van der Waals surface area contributed by atoms with Crippen LogP contribution in [0.25, 0.3) is 0 Å². The minimum atomic E-state index is 0.737. The molecule has 0 aliphatic heterocycles. The fraction of sp³-hybridized carbons (Fsp3) is 1.00. The third kappa shape index (κ3) is 4.98. The quantitative estimate of drug-likeness (QED) is 0.685. The maximum absolute atomic E-state index is 5.46. The summed E-state index contributed by atoms with van der Waals surface area (Å²) in [6.45, 7) is 9.70. The summed E-state index contributed by atoms with van der Waals surface area (Å²) in [6.07, 6.45) is 5.20. The van der Waals surface area contributed by atoms with Gasteiger partial charge in [0.25, 0.3) is 0 Å². The summed E-state index contributed by atoms with van der Waals surface area (Å²) >= 11 is 0. The molecule has 0 aromatic rings. The Balaban J connectivity index is 2.02. The second-order valence-corrected chi connectivity index (χ2v) is 5.03. The first-order chi connectivity index (χ1) is 7.24. The van der Waals surface area contributed by atoms with E-state index in [-0.39, 0.29) is 0 Å². The van der Waals surface area contributed by atoms with Crippen molar-refractivity contribution in [1.82, 2.24) is 5.32 Å². The second-order valence-electron chi connectivity index (χ2n) is 5.03. The van der Waals surface area contributed by atoms with E-state index in [0.717, 1.165) is 44.1 Å². The van der Waals surface area contributed by atoms with Gasteiger partial charge in [-0.2, -0.15) is 0 Å². The lowest BCUT2D eigenvalue weighted by atomic mass is 9.79. The summed E-state index contributed by atoms with van der Waals surface area (Å²) in [4.78, 5) is 0. The molecule has 1 aliphatic rings. The highest BCUT2D eigenvalue weighted by Crippen LogP contribution is 2.29. The Labute approximate surface area is 94.8 Å². The SMILES string of the molecule is CCCOCCNC1CCC(C)C(C)C1. The van der Waals surface area contributed by atoms with Crippen LogP contribution in [0.4, 0.5) is 0 Å². The molecule has 1 fully saturated rings. The summed E-state index contributed by atoms with van der Waals surface area (Å²) in [6, 6.07) is 0.737. The summed E-state index contributed by atoms with van der Waals surface area (Å²) in [7, 11) is 0. The average molecular weight is 213 g/mol. The summed E-state index contributed by atoms with van der Waals surface area (Å²) in [5.74, 6) is 1.80. The van der Waals surface area contributed by atoms with Crippen molar-refractivity contribution in [1.29, 1.82) is 0 Å². The zero-order valence-corrected chi connectivity index (χ0v) is 10.6. The van der Waals surface area contributed by atoms with Crippen LogP contribution in [-0.4, -0.2) is 25.8 Å². The van der Waals surface area contributed by atoms with E-state index in [9.17, 15) is 0 Å². The summed E-state index contributed by atoms with van der Waals surface area (Å²) in [5.41, 5.74) is 0. The molecular weight excluding hydrogens is 186 g/mol. The number of nitrogens with one attached hydrogen (secondary N) is 1. The van der Waals surface area contributed by atoms with Gasteiger partial charge in [-0.1, -0.05) is 20.8 Å². The third-order valence-electron chi connectivity index (χ3n) is 3.63. The maximum atomic E-state index is 5.46. The molecule has 0 amide bonds. The molecule has 0 aromatic heterocycles. The van der Waals surface area contributed by atoms with Gasteiger partial charge in [-0.3, -0.25) is 0 Å². The smallest absolute Gasteiger partial charge is 0.0590 e. The van der Waals surface area contributed by atoms with Crippen molar-refractivity contribution in [3.8, 4) is 0 Å². The van der Waals surface area contributed by atoms with E-state index in [4.69, 9.17) is 4.74 Å². The Morgan fingerprint density at radius 3 is 2.60 bits per heavy atom. The van der Waals surface area contributed by atoms with Crippen molar-refractivity contribution >= 4 is 0 Å². The van der Waals surface area contributed by atoms with Crippen molar-refractivity contribution in [3.05, 3.63) is 0 Å². The van der Waals surface area contributed by atoms with Crippen molar-refractivity contribution in [2.75, 3.05) is 19.8 Å². The zero-order valence-electron chi connectivity index (χ0n) is 10.6. The molecule has 0 aromatic carbocycles. The van der Waals surface area contributed by atoms with Gasteiger partial charge in [0, 0.05) is 19.2 Å². The molecule has 0 spiro atoms. The average Bonchev–Trinajstić information content (AvgIpc) is 2.23. The van der Waals surface area contributed by atoms with Crippen LogP contribution in [0.3, 0.4) is 0 Å². The molecule has 1 N–H and O–H groups in total. The first-order valence-electron chi connectivity index (χ1n) is 6.55. The van der Waals surface area contributed by atoms with Gasteiger partial charge < -0.3 is 10.1 Å². The topological polar surface area (TPSA) is 21.3 Å². The minimum Gasteiger partial charge on any atom is -0.380 e. The molecule has 0 bridgehead atoms. The molecule has 1 aliphatic carbocycles. The van der Waals surface area contributed by atoms with Crippen LogP contribution >= 0.6 is 0 Å². The molecular formula is C13H27NO. The van der Waals surface area contributed by atoms with Crippen LogP contribution < -0.4 is 5.32 Å². The van der Waals surface area contributed by atoms with E-state index < -0.39 is 0 Å². The van der Waals surface area contributed by atoms with Gasteiger partial charge in [-0.15, -0.1) is 0 Å². The van der Waals surface area contributed by atoms with Crippen LogP contribution in [0.5, 0.6) is 0 Å². The molecule has 1 saturated carbocycles. The molecule has 2 nitrogen and oxygen atoms in total. The third-order valence-corrected chi connectivity index (χ3v) is 3.63. The van der Waals surface area contributed by atoms with Crippen LogP contribution in [0.1, 0.15) is 46.5 Å². The molecule has 15 heavy (non-hydrogen) atoms. The van der Waals surface area contributed by atoms with Gasteiger partial charge >= 0.3 is 0 Å². The molecule has 1 rings (SSSR count). The highest BCUT2D eigenvalue weighted by Gasteiger charge is 2.23. The first kappa shape index (κ1) is 13.0. The predicted octanol–water partition coefficient (Wildman–Crippen LogP) is 2.83. The van der Waals surface area contributed by atoms with Crippen LogP contribution in [0.2, 0.25) is 0 Å². The van der Waals surface area contributed by atoms with Gasteiger partial charge in [0.15, 0.2) is 0 Å². The first-order valence-corrected chi connectivity index (χ1v) is 6.55. The van der Waals surface area contributed by atoms with Crippen molar-refractivity contribution in [3.63, 3.8) is 0 Å². The minimum absolute atomic E-state index is 0.737. The van der Waals surface area contributed by atoms with Crippen molar-refractivity contribution in [2.24, 2.45) is 11.8 Å². The Kier molecular flexibility index (Phi) is 6.26. The molecule has 90 valence electrons. The lowest BCUT2D eigenvalue weighted by molar-refractivity contribution is 0.129. The largest absolute Gasteiger partial charge is 0.380 e. The van der Waals surface area contributed by atoms with Crippen molar-refractivity contribution < 1.29 is 4.74 Å². The van der Waals surface area contributed by atoms with E-state index in [0.29, 0.717) is 0 Å². The number of ether oxygens (including phenoxy) is 1. The van der Waals surface area contributed by atoms with E-state index in [1.54, 1.807) is 0 Å². The lowest BCUT2D eigenvalue weighted by Crippen LogP contribution is -2.37. The Morgan fingerprint density at radius 2 is 1.93 bits per heavy atom. The predicted molar refractivity (Wildman–Crippen MR) is 65.1 cm³/mol. The van der Waals surface area contributed by atoms with E-state index >= 15 is 0 Å². The summed E-state index contributed by atoms with van der Waals surface area (Å²) < 4.78 is 5.46. The van der Waals surface area contributed by atoms with Gasteiger partial charge in [0.1, 0.15) is 0 Å². The fourth-order valence-corrected chi connectivity index (χ4v) is 2.31. The lowest BCUT2D eigenvalue weighted by Gasteiger charge is -2.32. The van der Waals surface area contributed by atoms with E-state index in [1.807, 2.05) is 0 Å². The number of rotatable bonds is 6. The Morgan fingerprint density at radius 1 is 1.13 bits per heavy atom. The molecule has 3 unspecified atom stereocenters. The second kappa shape index (κ2) is 7.24. The Hall–Kier alpha value is -0.0800. The van der Waals surface area contributed by atoms with Gasteiger partial charge in [0.2, 0.25) is 0 Å². The summed E-state index contributed by atoms with van der Waals surface area (Å²) in [5, 5.41) is 3.61. The Bertz CT molecular complexity index is 161. The maximum Gasteiger partial charge on any atom is 0.0590 e. The van der Waals surface area contributed by atoms with Gasteiger partial charge in [-0.05, 0) is 37.5 Å². The highest BCUT2D eigenvalue weighted by molar-refractivity contribution is 4.79. The van der Waals surface area contributed by atoms with Gasteiger partial charge in [0.05, 0.1) is 6.61 Å². The van der Waals surface area contributed by atoms with Crippen molar-refractivity contribution in [2.45, 2.75) is 52.5 Å². The zero-order chi connectivity index (χ0) is 11.1. The molecule has 0 radical (unpaired) electrons. The highest BCUT2D eigenvalue weighted by atomic mass is 16.5. The van der Waals surface area contributed by atoms with E-state index in [1.165, 1.54) is 19.3 Å².